The van der Waals surface area contributed by atoms with Gasteiger partial charge < -0.3 is 16.2 Å². The Morgan fingerprint density at radius 3 is 2.60 bits per heavy atom. The van der Waals surface area contributed by atoms with Crippen LogP contribution in [0.1, 0.15) is 21.5 Å². The van der Waals surface area contributed by atoms with E-state index in [-0.39, 0.29) is 17.2 Å². The molecule has 0 atom stereocenters. The van der Waals surface area contributed by atoms with Crippen molar-refractivity contribution in [3.8, 4) is 5.75 Å². The highest BCUT2D eigenvalue weighted by atomic mass is 79.9. The van der Waals surface area contributed by atoms with Crippen LogP contribution in [0, 0.1) is 13.8 Å². The molecule has 2 aromatic carbocycles. The molecule has 0 aliphatic rings. The first-order valence-electron chi connectivity index (χ1n) is 6.05. The lowest BCUT2D eigenvalue weighted by atomic mass is 10.1. The van der Waals surface area contributed by atoms with Crippen LogP contribution in [0.3, 0.4) is 0 Å². The number of anilines is 2. The second-order valence-corrected chi connectivity index (χ2v) is 5.55. The van der Waals surface area contributed by atoms with Crippen LogP contribution >= 0.6 is 15.9 Å². The fourth-order valence-corrected chi connectivity index (χ4v) is 2.21. The fourth-order valence-electron chi connectivity index (χ4n) is 1.85. The van der Waals surface area contributed by atoms with Gasteiger partial charge in [-0.25, -0.2) is 0 Å². The summed E-state index contributed by atoms with van der Waals surface area (Å²) in [4.78, 5) is 12.2. The predicted octanol–water partition coefficient (Wildman–Crippen LogP) is 3.61. The van der Waals surface area contributed by atoms with Crippen molar-refractivity contribution in [2.24, 2.45) is 0 Å². The van der Waals surface area contributed by atoms with Crippen LogP contribution in [0.5, 0.6) is 5.75 Å². The standard InChI is InChI=1S/C15H15BrN2O2/c1-8-6-13(9(2)5-12(8)17)18-15(20)11-7-10(16)3-4-14(11)19/h3-7,19H,17H2,1-2H3,(H,18,20). The lowest BCUT2D eigenvalue weighted by molar-refractivity contribution is 0.102. The number of phenolic OH excluding ortho intramolecular Hbond substituents is 1. The van der Waals surface area contributed by atoms with Gasteiger partial charge in [-0.15, -0.1) is 0 Å². The van der Waals surface area contributed by atoms with Crippen molar-refractivity contribution in [2.75, 3.05) is 11.1 Å². The van der Waals surface area contributed by atoms with Gasteiger partial charge in [0.05, 0.1) is 5.56 Å². The van der Waals surface area contributed by atoms with Crippen molar-refractivity contribution < 1.29 is 9.90 Å². The van der Waals surface area contributed by atoms with Crippen molar-refractivity contribution in [3.63, 3.8) is 0 Å². The number of hydrogen-bond acceptors (Lipinski definition) is 3. The first kappa shape index (κ1) is 14.4. The molecular weight excluding hydrogens is 320 g/mol. The van der Waals surface area contributed by atoms with Gasteiger partial charge in [-0.05, 0) is 55.3 Å². The molecule has 0 radical (unpaired) electrons. The van der Waals surface area contributed by atoms with Crippen LogP contribution in [-0.4, -0.2) is 11.0 Å². The lowest BCUT2D eigenvalue weighted by Gasteiger charge is -2.12. The number of amides is 1. The Kier molecular flexibility index (Phi) is 3.99. The number of hydrogen-bond donors (Lipinski definition) is 3. The lowest BCUT2D eigenvalue weighted by Crippen LogP contribution is -2.13. The summed E-state index contributed by atoms with van der Waals surface area (Å²) in [5, 5.41) is 12.5. The zero-order valence-corrected chi connectivity index (χ0v) is 12.8. The van der Waals surface area contributed by atoms with Gasteiger partial charge in [0, 0.05) is 15.8 Å². The maximum absolute atomic E-state index is 12.2. The SMILES string of the molecule is Cc1cc(NC(=O)c2cc(Br)ccc2O)c(C)cc1N. The molecule has 0 saturated carbocycles. The second kappa shape index (κ2) is 5.54. The van der Waals surface area contributed by atoms with Crippen LogP contribution in [-0.2, 0) is 0 Å². The van der Waals surface area contributed by atoms with Crippen LogP contribution in [0.15, 0.2) is 34.8 Å². The monoisotopic (exact) mass is 334 g/mol. The highest BCUT2D eigenvalue weighted by molar-refractivity contribution is 9.10. The number of carbonyl (C=O) groups excluding carboxylic acids is 1. The number of phenols is 1. The zero-order valence-electron chi connectivity index (χ0n) is 11.2. The molecule has 0 heterocycles. The summed E-state index contributed by atoms with van der Waals surface area (Å²) in [5.74, 6) is -0.424. The summed E-state index contributed by atoms with van der Waals surface area (Å²) in [5.41, 5.74) is 9.16. The number of rotatable bonds is 2. The summed E-state index contributed by atoms with van der Waals surface area (Å²) >= 11 is 3.28. The zero-order chi connectivity index (χ0) is 14.9. The van der Waals surface area contributed by atoms with E-state index < -0.39 is 0 Å². The van der Waals surface area contributed by atoms with E-state index in [4.69, 9.17) is 5.73 Å². The molecule has 4 nitrogen and oxygen atoms in total. The maximum atomic E-state index is 12.2. The Bertz CT molecular complexity index is 684. The third-order valence-corrected chi connectivity index (χ3v) is 3.56. The third-order valence-electron chi connectivity index (χ3n) is 3.06. The Morgan fingerprint density at radius 1 is 1.20 bits per heavy atom. The number of carbonyl (C=O) groups is 1. The number of benzene rings is 2. The van der Waals surface area contributed by atoms with Gasteiger partial charge in [-0.1, -0.05) is 15.9 Å². The smallest absolute Gasteiger partial charge is 0.259 e. The fraction of sp³-hybridized carbons (Fsp3) is 0.133. The van der Waals surface area contributed by atoms with E-state index in [9.17, 15) is 9.90 Å². The molecule has 104 valence electrons. The Balaban J connectivity index is 2.32. The molecule has 0 spiro atoms. The molecule has 2 rings (SSSR count). The summed E-state index contributed by atoms with van der Waals surface area (Å²) in [6, 6.07) is 8.35. The quantitative estimate of drug-likeness (QED) is 0.734. The van der Waals surface area contributed by atoms with Gasteiger partial charge in [-0.3, -0.25) is 4.79 Å². The molecule has 0 unspecified atom stereocenters. The van der Waals surface area contributed by atoms with Crippen molar-refractivity contribution in [1.29, 1.82) is 0 Å². The molecule has 2 aromatic rings. The molecule has 0 aromatic heterocycles. The molecule has 0 saturated heterocycles. The highest BCUT2D eigenvalue weighted by Gasteiger charge is 2.13. The van der Waals surface area contributed by atoms with Gasteiger partial charge in [0.2, 0.25) is 0 Å². The van der Waals surface area contributed by atoms with Crippen molar-refractivity contribution in [3.05, 3.63) is 51.5 Å². The van der Waals surface area contributed by atoms with E-state index in [0.29, 0.717) is 11.4 Å². The predicted molar refractivity (Wildman–Crippen MR) is 84.1 cm³/mol. The topological polar surface area (TPSA) is 75.3 Å². The highest BCUT2D eigenvalue weighted by Crippen LogP contribution is 2.26. The molecule has 1 amide bonds. The van der Waals surface area contributed by atoms with Gasteiger partial charge in [0.25, 0.3) is 5.91 Å². The molecular formula is C15H15BrN2O2. The summed E-state index contributed by atoms with van der Waals surface area (Å²) in [6.45, 7) is 3.74. The Hall–Kier alpha value is -2.01. The molecule has 4 N–H and O–H groups in total. The average molecular weight is 335 g/mol. The van der Waals surface area contributed by atoms with Crippen LogP contribution in [0.2, 0.25) is 0 Å². The van der Waals surface area contributed by atoms with E-state index >= 15 is 0 Å². The van der Waals surface area contributed by atoms with Crippen LogP contribution in [0.25, 0.3) is 0 Å². The minimum absolute atomic E-state index is 0.0597. The van der Waals surface area contributed by atoms with E-state index in [1.54, 1.807) is 12.1 Å². The van der Waals surface area contributed by atoms with Crippen LogP contribution < -0.4 is 11.1 Å². The van der Waals surface area contributed by atoms with Crippen molar-refractivity contribution in [1.82, 2.24) is 0 Å². The normalized spacial score (nSPS) is 10.3. The number of aryl methyl sites for hydroxylation is 2. The van der Waals surface area contributed by atoms with Gasteiger partial charge in [-0.2, -0.15) is 0 Å². The molecule has 0 bridgehead atoms. The van der Waals surface area contributed by atoms with E-state index in [2.05, 4.69) is 21.2 Å². The summed E-state index contributed by atoms with van der Waals surface area (Å²) in [7, 11) is 0. The number of nitrogens with two attached hydrogens (primary N) is 1. The largest absolute Gasteiger partial charge is 0.507 e. The van der Waals surface area contributed by atoms with Crippen molar-refractivity contribution >= 4 is 33.2 Å². The number of halogens is 1. The Morgan fingerprint density at radius 2 is 1.90 bits per heavy atom. The first-order chi connectivity index (χ1) is 9.38. The molecule has 5 heteroatoms. The molecule has 20 heavy (non-hydrogen) atoms. The van der Waals surface area contributed by atoms with E-state index in [1.807, 2.05) is 26.0 Å². The molecule has 0 aliphatic carbocycles. The third kappa shape index (κ3) is 2.93. The minimum atomic E-state index is -0.365. The maximum Gasteiger partial charge on any atom is 0.259 e. The second-order valence-electron chi connectivity index (χ2n) is 4.64. The van der Waals surface area contributed by atoms with Gasteiger partial charge >= 0.3 is 0 Å². The van der Waals surface area contributed by atoms with E-state index in [1.165, 1.54) is 6.07 Å². The number of nitrogens with one attached hydrogen (secondary N) is 1. The Labute approximate surface area is 125 Å². The van der Waals surface area contributed by atoms with Crippen molar-refractivity contribution in [2.45, 2.75) is 13.8 Å². The number of aromatic hydroxyl groups is 1. The average Bonchev–Trinajstić information content (AvgIpc) is 2.38. The van der Waals surface area contributed by atoms with Gasteiger partial charge in [0.1, 0.15) is 5.75 Å². The molecule has 0 fully saturated rings. The van der Waals surface area contributed by atoms with E-state index in [0.717, 1.165) is 15.6 Å². The summed E-state index contributed by atoms with van der Waals surface area (Å²) < 4.78 is 0.727. The summed E-state index contributed by atoms with van der Waals surface area (Å²) in [6.07, 6.45) is 0. The van der Waals surface area contributed by atoms with Gasteiger partial charge in [0.15, 0.2) is 0 Å². The molecule has 0 aliphatic heterocycles. The van der Waals surface area contributed by atoms with Crippen LogP contribution in [0.4, 0.5) is 11.4 Å². The first-order valence-corrected chi connectivity index (χ1v) is 6.84. The number of nitrogen functional groups attached to an aromatic ring is 1. The minimum Gasteiger partial charge on any atom is -0.507 e.